The molecule has 17 heavy (non-hydrogen) atoms. The van der Waals surface area contributed by atoms with Gasteiger partial charge in [-0.2, -0.15) is 4.98 Å². The van der Waals surface area contributed by atoms with Crippen LogP contribution < -0.4 is 10.6 Å². The van der Waals surface area contributed by atoms with Crippen molar-refractivity contribution in [3.8, 4) is 0 Å². The molecule has 1 aromatic rings. The second-order valence-corrected chi connectivity index (χ2v) is 5.72. The minimum atomic E-state index is 0.586. The van der Waals surface area contributed by atoms with E-state index in [2.05, 4.69) is 25.8 Å². The zero-order valence-corrected chi connectivity index (χ0v) is 11.4. The lowest BCUT2D eigenvalue weighted by Gasteiger charge is -2.27. The fourth-order valence-corrected chi connectivity index (χ4v) is 2.83. The third kappa shape index (κ3) is 2.25. The second kappa shape index (κ2) is 4.44. The summed E-state index contributed by atoms with van der Waals surface area (Å²) in [6, 6.07) is 0. The predicted molar refractivity (Wildman–Crippen MR) is 72.2 cm³/mol. The maximum Gasteiger partial charge on any atom is 0.227 e. The third-order valence-electron chi connectivity index (χ3n) is 3.49. The average Bonchev–Trinajstić information content (AvgIpc) is 3.18. The molecular formula is C12H17BrN4. The minimum Gasteiger partial charge on any atom is -0.383 e. The number of aromatic nitrogens is 2. The first-order valence-electron chi connectivity index (χ1n) is 6.33. The van der Waals surface area contributed by atoms with E-state index in [1.807, 2.05) is 0 Å². The van der Waals surface area contributed by atoms with Crippen LogP contribution in [-0.2, 0) is 0 Å². The third-order valence-corrected chi connectivity index (χ3v) is 4.31. The fourth-order valence-electron chi connectivity index (χ4n) is 2.33. The molecule has 2 aliphatic rings. The highest BCUT2D eigenvalue weighted by molar-refractivity contribution is 9.10. The van der Waals surface area contributed by atoms with E-state index in [-0.39, 0.29) is 0 Å². The molecule has 4 nitrogen and oxygen atoms in total. The van der Waals surface area contributed by atoms with Gasteiger partial charge in [-0.3, -0.25) is 0 Å². The van der Waals surface area contributed by atoms with E-state index < -0.39 is 0 Å². The van der Waals surface area contributed by atoms with Gasteiger partial charge in [0.2, 0.25) is 5.95 Å². The van der Waals surface area contributed by atoms with Gasteiger partial charge in [0.25, 0.3) is 0 Å². The summed E-state index contributed by atoms with van der Waals surface area (Å²) < 4.78 is 0.903. The lowest BCUT2D eigenvalue weighted by atomic mass is 10.1. The number of rotatable bonds is 2. The van der Waals surface area contributed by atoms with E-state index >= 15 is 0 Å². The number of piperidine rings is 1. The van der Waals surface area contributed by atoms with Crippen LogP contribution in [0.2, 0.25) is 0 Å². The van der Waals surface area contributed by atoms with Crippen LogP contribution >= 0.6 is 15.9 Å². The van der Waals surface area contributed by atoms with E-state index in [1.165, 1.54) is 32.1 Å². The predicted octanol–water partition coefficient (Wildman–Crippen LogP) is 2.69. The number of nitrogens with two attached hydrogens (primary N) is 1. The van der Waals surface area contributed by atoms with Gasteiger partial charge in [0.15, 0.2) is 0 Å². The van der Waals surface area contributed by atoms with Gasteiger partial charge < -0.3 is 10.6 Å². The van der Waals surface area contributed by atoms with E-state index in [4.69, 9.17) is 10.7 Å². The summed E-state index contributed by atoms with van der Waals surface area (Å²) in [7, 11) is 0. The quantitative estimate of drug-likeness (QED) is 0.912. The maximum absolute atomic E-state index is 5.97. The van der Waals surface area contributed by atoms with Crippen LogP contribution in [0.4, 0.5) is 11.8 Å². The first-order valence-corrected chi connectivity index (χ1v) is 7.13. The Morgan fingerprint density at radius 1 is 1.12 bits per heavy atom. The number of anilines is 2. The summed E-state index contributed by atoms with van der Waals surface area (Å²) in [6.07, 6.45) is 6.25. The maximum atomic E-state index is 5.97. The number of nitrogens with zero attached hydrogens (tertiary/aromatic N) is 3. The normalized spacial score (nSPS) is 20.6. The van der Waals surface area contributed by atoms with Crippen molar-refractivity contribution in [3.63, 3.8) is 0 Å². The molecule has 0 radical (unpaired) electrons. The molecule has 1 aliphatic carbocycles. The molecule has 0 bridgehead atoms. The monoisotopic (exact) mass is 296 g/mol. The zero-order valence-electron chi connectivity index (χ0n) is 9.82. The summed E-state index contributed by atoms with van der Waals surface area (Å²) in [5, 5.41) is 0. The fraction of sp³-hybridized carbons (Fsp3) is 0.667. The standard InChI is InChI=1S/C12H17BrN4/c13-9-10(8-4-5-8)15-12(16-11(9)14)17-6-2-1-3-7-17/h8H,1-7H2,(H2,14,15,16). The Morgan fingerprint density at radius 2 is 1.82 bits per heavy atom. The smallest absolute Gasteiger partial charge is 0.227 e. The van der Waals surface area contributed by atoms with Crippen LogP contribution in [0.25, 0.3) is 0 Å². The summed E-state index contributed by atoms with van der Waals surface area (Å²) in [6.45, 7) is 2.12. The van der Waals surface area contributed by atoms with Crippen LogP contribution in [0.15, 0.2) is 4.47 Å². The Hall–Kier alpha value is -0.840. The Bertz CT molecular complexity index is 425. The van der Waals surface area contributed by atoms with E-state index in [0.29, 0.717) is 11.7 Å². The number of hydrogen-bond acceptors (Lipinski definition) is 4. The molecule has 3 rings (SSSR count). The van der Waals surface area contributed by atoms with Gasteiger partial charge in [0.1, 0.15) is 5.82 Å². The molecule has 0 unspecified atom stereocenters. The molecule has 2 N–H and O–H groups in total. The molecule has 5 heteroatoms. The molecule has 92 valence electrons. The van der Waals surface area contributed by atoms with Crippen molar-refractivity contribution in [3.05, 3.63) is 10.2 Å². The summed E-state index contributed by atoms with van der Waals surface area (Å²) >= 11 is 3.51. The molecule has 0 spiro atoms. The van der Waals surface area contributed by atoms with Crippen molar-refractivity contribution in [1.82, 2.24) is 9.97 Å². The van der Waals surface area contributed by atoms with Crippen molar-refractivity contribution >= 4 is 27.7 Å². The molecule has 0 amide bonds. The first-order chi connectivity index (χ1) is 8.25. The molecule has 2 fully saturated rings. The molecule has 0 aromatic carbocycles. The topological polar surface area (TPSA) is 55.0 Å². The molecule has 1 saturated carbocycles. The number of halogens is 1. The Morgan fingerprint density at radius 3 is 2.47 bits per heavy atom. The Kier molecular flexibility index (Phi) is 2.94. The lowest BCUT2D eigenvalue weighted by molar-refractivity contribution is 0.567. The Balaban J connectivity index is 1.93. The molecule has 1 saturated heterocycles. The van der Waals surface area contributed by atoms with Gasteiger partial charge >= 0.3 is 0 Å². The van der Waals surface area contributed by atoms with Gasteiger partial charge in [0, 0.05) is 19.0 Å². The molecule has 0 atom stereocenters. The van der Waals surface area contributed by atoms with Crippen molar-refractivity contribution in [2.45, 2.75) is 38.0 Å². The van der Waals surface area contributed by atoms with E-state index in [1.54, 1.807) is 0 Å². The van der Waals surface area contributed by atoms with Gasteiger partial charge in [0.05, 0.1) is 10.2 Å². The summed E-state index contributed by atoms with van der Waals surface area (Å²) in [5.41, 5.74) is 7.08. The van der Waals surface area contributed by atoms with Gasteiger partial charge in [-0.15, -0.1) is 0 Å². The largest absolute Gasteiger partial charge is 0.383 e. The molecular weight excluding hydrogens is 280 g/mol. The van der Waals surface area contributed by atoms with Crippen molar-refractivity contribution in [2.75, 3.05) is 23.7 Å². The SMILES string of the molecule is Nc1nc(N2CCCCC2)nc(C2CC2)c1Br. The highest BCUT2D eigenvalue weighted by Crippen LogP contribution is 2.44. The average molecular weight is 297 g/mol. The van der Waals surface area contributed by atoms with Gasteiger partial charge in [-0.05, 0) is 48.0 Å². The minimum absolute atomic E-state index is 0.586. The molecule has 2 heterocycles. The van der Waals surface area contributed by atoms with Crippen LogP contribution in [0.3, 0.4) is 0 Å². The summed E-state index contributed by atoms with van der Waals surface area (Å²) in [4.78, 5) is 11.4. The van der Waals surface area contributed by atoms with Gasteiger partial charge in [-0.25, -0.2) is 4.98 Å². The van der Waals surface area contributed by atoms with Crippen molar-refractivity contribution in [2.24, 2.45) is 0 Å². The van der Waals surface area contributed by atoms with Crippen molar-refractivity contribution in [1.29, 1.82) is 0 Å². The van der Waals surface area contributed by atoms with Crippen LogP contribution in [0, 0.1) is 0 Å². The van der Waals surface area contributed by atoms with E-state index in [0.717, 1.165) is 29.2 Å². The van der Waals surface area contributed by atoms with Crippen molar-refractivity contribution < 1.29 is 0 Å². The first kappa shape index (κ1) is 11.3. The Labute approximate surface area is 110 Å². The van der Waals surface area contributed by atoms with Crippen LogP contribution in [0.5, 0.6) is 0 Å². The second-order valence-electron chi connectivity index (χ2n) is 4.93. The number of nitrogen functional groups attached to an aromatic ring is 1. The molecule has 1 aliphatic heterocycles. The van der Waals surface area contributed by atoms with Crippen LogP contribution in [0.1, 0.15) is 43.7 Å². The van der Waals surface area contributed by atoms with E-state index in [9.17, 15) is 0 Å². The lowest BCUT2D eigenvalue weighted by Crippen LogP contribution is -2.31. The number of hydrogen-bond donors (Lipinski definition) is 1. The highest BCUT2D eigenvalue weighted by Gasteiger charge is 2.29. The zero-order chi connectivity index (χ0) is 11.8. The van der Waals surface area contributed by atoms with Crippen LogP contribution in [-0.4, -0.2) is 23.1 Å². The summed E-state index contributed by atoms with van der Waals surface area (Å²) in [5.74, 6) is 2.01. The molecule has 1 aromatic heterocycles. The van der Waals surface area contributed by atoms with Gasteiger partial charge in [-0.1, -0.05) is 0 Å². The highest BCUT2D eigenvalue weighted by atomic mass is 79.9.